The maximum absolute atomic E-state index is 12.3. The van der Waals surface area contributed by atoms with E-state index in [1.54, 1.807) is 0 Å². The van der Waals surface area contributed by atoms with Gasteiger partial charge in [-0.15, -0.1) is 0 Å². The molecule has 1 heterocycles. The summed E-state index contributed by atoms with van der Waals surface area (Å²) in [5, 5.41) is 3.03. The summed E-state index contributed by atoms with van der Waals surface area (Å²) in [6.07, 6.45) is 2.24. The first kappa shape index (κ1) is 16.0. The molecule has 1 aliphatic rings. The summed E-state index contributed by atoms with van der Waals surface area (Å²) in [5.74, 6) is 0.758. The van der Waals surface area contributed by atoms with Crippen LogP contribution in [0.1, 0.15) is 30.9 Å². The Balaban J connectivity index is 1.96. The number of hydrogen-bond donors (Lipinski definition) is 2. The van der Waals surface area contributed by atoms with Crippen molar-refractivity contribution in [1.82, 2.24) is 4.90 Å². The van der Waals surface area contributed by atoms with Crippen molar-refractivity contribution in [1.29, 1.82) is 0 Å². The van der Waals surface area contributed by atoms with Gasteiger partial charge in [0.05, 0.1) is 6.54 Å². The normalized spacial score (nSPS) is 23.0. The van der Waals surface area contributed by atoms with E-state index in [2.05, 4.69) is 23.2 Å². The second-order valence-corrected chi connectivity index (χ2v) is 6.36. The van der Waals surface area contributed by atoms with Gasteiger partial charge in [-0.3, -0.25) is 9.69 Å². The van der Waals surface area contributed by atoms with Crippen molar-refractivity contribution in [2.24, 2.45) is 11.7 Å². The summed E-state index contributed by atoms with van der Waals surface area (Å²) < 4.78 is 0. The molecule has 1 aliphatic heterocycles. The minimum atomic E-state index is 0.0525. The Morgan fingerprint density at radius 1 is 1.43 bits per heavy atom. The van der Waals surface area contributed by atoms with Gasteiger partial charge in [-0.05, 0) is 56.3 Å². The highest BCUT2D eigenvalue weighted by molar-refractivity contribution is 5.93. The highest BCUT2D eigenvalue weighted by Crippen LogP contribution is 2.22. The minimum absolute atomic E-state index is 0.0525. The lowest BCUT2D eigenvalue weighted by atomic mass is 9.92. The Bertz CT molecular complexity index is 501. The Kier molecular flexibility index (Phi) is 5.37. The Hall–Kier alpha value is -1.39. The number of nitrogens with one attached hydrogen (secondary N) is 1. The van der Waals surface area contributed by atoms with Crippen molar-refractivity contribution in [2.45, 2.75) is 39.7 Å². The quantitative estimate of drug-likeness (QED) is 0.894. The minimum Gasteiger partial charge on any atom is -0.329 e. The van der Waals surface area contributed by atoms with E-state index < -0.39 is 0 Å². The third-order valence-electron chi connectivity index (χ3n) is 4.39. The Labute approximate surface area is 127 Å². The molecule has 21 heavy (non-hydrogen) atoms. The molecule has 0 saturated carbocycles. The van der Waals surface area contributed by atoms with Crippen molar-refractivity contribution < 1.29 is 4.79 Å². The van der Waals surface area contributed by atoms with Gasteiger partial charge in [-0.25, -0.2) is 0 Å². The van der Waals surface area contributed by atoms with Gasteiger partial charge < -0.3 is 11.1 Å². The number of likely N-dealkylation sites (tertiary alicyclic amines) is 1. The number of carbonyl (C=O) groups excluding carboxylic acids is 1. The zero-order valence-electron chi connectivity index (χ0n) is 13.4. The van der Waals surface area contributed by atoms with Crippen LogP contribution in [0.3, 0.4) is 0 Å². The summed E-state index contributed by atoms with van der Waals surface area (Å²) in [5.41, 5.74) is 9.02. The van der Waals surface area contributed by atoms with Crippen molar-refractivity contribution in [3.05, 3.63) is 29.3 Å². The number of carbonyl (C=O) groups is 1. The maximum atomic E-state index is 12.3. The van der Waals surface area contributed by atoms with E-state index in [9.17, 15) is 4.79 Å². The fourth-order valence-electron chi connectivity index (χ4n) is 3.00. The Morgan fingerprint density at radius 2 is 2.19 bits per heavy atom. The lowest BCUT2D eigenvalue weighted by Gasteiger charge is -2.37. The molecule has 116 valence electrons. The number of amides is 1. The molecule has 1 saturated heterocycles. The first-order valence-corrected chi connectivity index (χ1v) is 7.80. The van der Waals surface area contributed by atoms with Crippen molar-refractivity contribution in [3.8, 4) is 0 Å². The van der Waals surface area contributed by atoms with E-state index in [0.717, 1.165) is 36.2 Å². The van der Waals surface area contributed by atoms with Gasteiger partial charge in [0, 0.05) is 18.3 Å². The van der Waals surface area contributed by atoms with E-state index >= 15 is 0 Å². The van der Waals surface area contributed by atoms with Crippen LogP contribution in [0.5, 0.6) is 0 Å². The monoisotopic (exact) mass is 289 g/mol. The average Bonchev–Trinajstić information content (AvgIpc) is 2.44. The van der Waals surface area contributed by atoms with Crippen LogP contribution >= 0.6 is 0 Å². The van der Waals surface area contributed by atoms with Gasteiger partial charge in [0.25, 0.3) is 0 Å². The number of rotatable bonds is 4. The van der Waals surface area contributed by atoms with Gasteiger partial charge in [-0.2, -0.15) is 0 Å². The topological polar surface area (TPSA) is 58.4 Å². The predicted molar refractivity (Wildman–Crippen MR) is 87.4 cm³/mol. The lowest BCUT2D eigenvalue weighted by molar-refractivity contribution is -0.118. The molecule has 1 aromatic rings. The third kappa shape index (κ3) is 4.29. The van der Waals surface area contributed by atoms with E-state index in [-0.39, 0.29) is 5.91 Å². The number of piperidine rings is 1. The highest BCUT2D eigenvalue weighted by Gasteiger charge is 2.26. The average molecular weight is 289 g/mol. The zero-order chi connectivity index (χ0) is 15.4. The van der Waals surface area contributed by atoms with E-state index in [1.807, 2.05) is 26.0 Å². The van der Waals surface area contributed by atoms with Crippen LogP contribution in [0.4, 0.5) is 5.69 Å². The summed E-state index contributed by atoms with van der Waals surface area (Å²) in [6, 6.07) is 6.45. The number of nitrogens with two attached hydrogens (primary N) is 1. The van der Waals surface area contributed by atoms with Crippen LogP contribution in [-0.2, 0) is 4.79 Å². The van der Waals surface area contributed by atoms with E-state index in [0.29, 0.717) is 25.0 Å². The molecular formula is C17H27N3O. The molecule has 1 fully saturated rings. The molecule has 0 aliphatic carbocycles. The molecule has 4 heteroatoms. The number of anilines is 1. The van der Waals surface area contributed by atoms with Gasteiger partial charge in [0.15, 0.2) is 0 Å². The Morgan fingerprint density at radius 3 is 2.90 bits per heavy atom. The predicted octanol–water partition coefficient (Wildman–Crippen LogP) is 2.30. The molecule has 2 unspecified atom stereocenters. The first-order valence-electron chi connectivity index (χ1n) is 7.80. The zero-order valence-corrected chi connectivity index (χ0v) is 13.4. The molecule has 0 aromatic heterocycles. The van der Waals surface area contributed by atoms with E-state index in [1.165, 1.54) is 0 Å². The first-order chi connectivity index (χ1) is 9.99. The van der Waals surface area contributed by atoms with Crippen LogP contribution in [0.15, 0.2) is 18.2 Å². The fourth-order valence-corrected chi connectivity index (χ4v) is 3.00. The van der Waals surface area contributed by atoms with Gasteiger partial charge >= 0.3 is 0 Å². The fraction of sp³-hybridized carbons (Fsp3) is 0.588. The smallest absolute Gasteiger partial charge is 0.238 e. The SMILES string of the molecule is Cc1ccc(C)c(NC(=O)CN2CCC(C)CC2CN)c1. The van der Waals surface area contributed by atoms with Crippen LogP contribution < -0.4 is 11.1 Å². The molecule has 4 nitrogen and oxygen atoms in total. The highest BCUT2D eigenvalue weighted by atomic mass is 16.2. The number of nitrogens with zero attached hydrogens (tertiary/aromatic N) is 1. The summed E-state index contributed by atoms with van der Waals surface area (Å²) in [6.45, 7) is 8.33. The molecule has 0 radical (unpaired) electrons. The summed E-state index contributed by atoms with van der Waals surface area (Å²) >= 11 is 0. The molecule has 0 bridgehead atoms. The number of aryl methyl sites for hydroxylation is 2. The van der Waals surface area contributed by atoms with Crippen molar-refractivity contribution in [3.63, 3.8) is 0 Å². The molecular weight excluding hydrogens is 262 g/mol. The van der Waals surface area contributed by atoms with Crippen LogP contribution in [0, 0.1) is 19.8 Å². The largest absolute Gasteiger partial charge is 0.329 e. The summed E-state index contributed by atoms with van der Waals surface area (Å²) in [4.78, 5) is 14.5. The molecule has 2 rings (SSSR count). The second kappa shape index (κ2) is 7.05. The molecule has 0 spiro atoms. The second-order valence-electron chi connectivity index (χ2n) is 6.36. The van der Waals surface area contributed by atoms with Crippen molar-refractivity contribution in [2.75, 3.05) is 25.0 Å². The lowest BCUT2D eigenvalue weighted by Crippen LogP contribution is -2.49. The van der Waals surface area contributed by atoms with Crippen LogP contribution in [0.25, 0.3) is 0 Å². The summed E-state index contributed by atoms with van der Waals surface area (Å²) in [7, 11) is 0. The van der Waals surface area contributed by atoms with Gasteiger partial charge in [-0.1, -0.05) is 19.1 Å². The van der Waals surface area contributed by atoms with E-state index in [4.69, 9.17) is 5.73 Å². The van der Waals surface area contributed by atoms with Crippen LogP contribution in [-0.4, -0.2) is 36.5 Å². The van der Waals surface area contributed by atoms with Gasteiger partial charge in [0.1, 0.15) is 0 Å². The maximum Gasteiger partial charge on any atom is 0.238 e. The number of benzene rings is 1. The standard InChI is InChI=1S/C17H27N3O/c1-12-4-5-14(3)16(9-12)19-17(21)11-20-7-6-13(2)8-15(20)10-18/h4-5,9,13,15H,6-8,10-11,18H2,1-3H3,(H,19,21). The molecule has 2 atom stereocenters. The van der Waals surface area contributed by atoms with Gasteiger partial charge in [0.2, 0.25) is 5.91 Å². The molecule has 3 N–H and O–H groups in total. The third-order valence-corrected chi connectivity index (χ3v) is 4.39. The molecule has 1 aromatic carbocycles. The van der Waals surface area contributed by atoms with Crippen molar-refractivity contribution >= 4 is 11.6 Å². The number of hydrogen-bond acceptors (Lipinski definition) is 3. The van der Waals surface area contributed by atoms with Crippen LogP contribution in [0.2, 0.25) is 0 Å². The molecule has 1 amide bonds.